The van der Waals surface area contributed by atoms with Crippen LogP contribution in [-0.4, -0.2) is 57.5 Å². The summed E-state index contributed by atoms with van der Waals surface area (Å²) < 4.78 is 11.7. The minimum atomic E-state index is -0.188. The molecule has 2 heterocycles. The lowest BCUT2D eigenvalue weighted by Crippen LogP contribution is -2.44. The fourth-order valence-corrected chi connectivity index (χ4v) is 3.76. The molecule has 0 unspecified atom stereocenters. The lowest BCUT2D eigenvalue weighted by molar-refractivity contribution is -0.129. The number of aromatic nitrogens is 3. The maximum absolute atomic E-state index is 12.7. The van der Waals surface area contributed by atoms with Gasteiger partial charge in [-0.25, -0.2) is 4.98 Å². The second kappa shape index (κ2) is 9.00. The van der Waals surface area contributed by atoms with Gasteiger partial charge in [0.2, 0.25) is 11.1 Å². The normalized spacial score (nSPS) is 15.1. The molecule has 0 spiro atoms. The maximum Gasteiger partial charge on any atom is 0.233 e. The summed E-state index contributed by atoms with van der Waals surface area (Å²) in [6.45, 7) is 3.47. The standard InChI is InChI=1S/C21H22N4O3S/c1-2-25(12-16-13-27-17-10-6-7-11-18(17)28-16)19(26)14-29-21-22-20(23-24-21)15-8-4-3-5-9-15/h3-11,16H,2,12-14H2,1H3,(H,22,23,24)/t16-/m1/s1. The first-order valence-electron chi connectivity index (χ1n) is 9.50. The molecule has 0 saturated carbocycles. The average Bonchev–Trinajstić information content (AvgIpc) is 3.25. The van der Waals surface area contributed by atoms with E-state index in [9.17, 15) is 4.79 Å². The smallest absolute Gasteiger partial charge is 0.233 e. The molecular formula is C21H22N4O3S. The maximum atomic E-state index is 12.7. The van der Waals surface area contributed by atoms with Crippen LogP contribution in [0.2, 0.25) is 0 Å². The van der Waals surface area contributed by atoms with Crippen molar-refractivity contribution in [2.45, 2.75) is 18.2 Å². The highest BCUT2D eigenvalue weighted by molar-refractivity contribution is 7.99. The minimum absolute atomic E-state index is 0.0195. The number of rotatable bonds is 7. The molecule has 1 aromatic heterocycles. The van der Waals surface area contributed by atoms with E-state index in [0.717, 1.165) is 17.1 Å². The van der Waals surface area contributed by atoms with Gasteiger partial charge in [-0.1, -0.05) is 54.2 Å². The number of carbonyl (C=O) groups is 1. The van der Waals surface area contributed by atoms with Crippen LogP contribution in [-0.2, 0) is 4.79 Å². The van der Waals surface area contributed by atoms with Crippen molar-refractivity contribution in [2.24, 2.45) is 0 Å². The molecule has 8 heteroatoms. The first-order chi connectivity index (χ1) is 14.2. The molecule has 1 N–H and O–H groups in total. The Kier molecular flexibility index (Phi) is 6.00. The summed E-state index contributed by atoms with van der Waals surface area (Å²) >= 11 is 1.32. The average molecular weight is 410 g/mol. The molecule has 0 radical (unpaired) electrons. The van der Waals surface area contributed by atoms with Gasteiger partial charge in [-0.2, -0.15) is 0 Å². The highest BCUT2D eigenvalue weighted by Crippen LogP contribution is 2.31. The van der Waals surface area contributed by atoms with Crippen LogP contribution in [0.3, 0.4) is 0 Å². The van der Waals surface area contributed by atoms with Gasteiger partial charge in [0, 0.05) is 12.1 Å². The quantitative estimate of drug-likeness (QED) is 0.602. The van der Waals surface area contributed by atoms with Crippen LogP contribution in [0.1, 0.15) is 6.92 Å². The van der Waals surface area contributed by atoms with Gasteiger partial charge in [-0.3, -0.25) is 9.89 Å². The van der Waals surface area contributed by atoms with E-state index in [2.05, 4.69) is 15.2 Å². The van der Waals surface area contributed by atoms with Crippen LogP contribution in [0.5, 0.6) is 11.5 Å². The van der Waals surface area contributed by atoms with Crippen molar-refractivity contribution >= 4 is 17.7 Å². The number of ether oxygens (including phenoxy) is 2. The lowest BCUT2D eigenvalue weighted by Gasteiger charge is -2.30. The zero-order chi connectivity index (χ0) is 20.1. The zero-order valence-electron chi connectivity index (χ0n) is 16.1. The molecule has 150 valence electrons. The number of carbonyl (C=O) groups excluding carboxylic acids is 1. The Morgan fingerprint density at radius 2 is 1.93 bits per heavy atom. The third kappa shape index (κ3) is 4.71. The molecule has 0 saturated heterocycles. The summed E-state index contributed by atoms with van der Waals surface area (Å²) in [6.07, 6.45) is -0.188. The first kappa shape index (κ1) is 19.3. The van der Waals surface area contributed by atoms with Gasteiger partial charge >= 0.3 is 0 Å². The molecule has 29 heavy (non-hydrogen) atoms. The van der Waals surface area contributed by atoms with Crippen LogP contribution in [0.4, 0.5) is 0 Å². The topological polar surface area (TPSA) is 80.3 Å². The number of thioether (sulfide) groups is 1. The number of benzene rings is 2. The molecule has 1 amide bonds. The SMILES string of the molecule is CCN(C[C@@H]1COc2ccccc2O1)C(=O)CSc1n[nH]c(-c2ccccc2)n1. The Morgan fingerprint density at radius 3 is 2.72 bits per heavy atom. The number of nitrogens with one attached hydrogen (secondary N) is 1. The number of para-hydroxylation sites is 2. The molecule has 0 fully saturated rings. The van der Waals surface area contributed by atoms with Crippen molar-refractivity contribution in [3.63, 3.8) is 0 Å². The van der Waals surface area contributed by atoms with Gasteiger partial charge in [-0.05, 0) is 19.1 Å². The molecule has 2 aromatic carbocycles. The van der Waals surface area contributed by atoms with E-state index in [0.29, 0.717) is 30.7 Å². The number of nitrogens with zero attached hydrogens (tertiary/aromatic N) is 3. The van der Waals surface area contributed by atoms with Crippen LogP contribution >= 0.6 is 11.8 Å². The third-order valence-electron chi connectivity index (χ3n) is 4.56. The van der Waals surface area contributed by atoms with Crippen molar-refractivity contribution in [3.05, 3.63) is 54.6 Å². The largest absolute Gasteiger partial charge is 0.486 e. The van der Waals surface area contributed by atoms with Crippen LogP contribution < -0.4 is 9.47 Å². The monoisotopic (exact) mass is 410 g/mol. The number of likely N-dealkylation sites (N-methyl/N-ethyl adjacent to an activating group) is 1. The number of hydrogen-bond donors (Lipinski definition) is 1. The fraction of sp³-hybridized carbons (Fsp3) is 0.286. The minimum Gasteiger partial charge on any atom is -0.486 e. The van der Waals surface area contributed by atoms with Crippen molar-refractivity contribution in [1.82, 2.24) is 20.1 Å². The summed E-state index contributed by atoms with van der Waals surface area (Å²) in [5.74, 6) is 2.44. The number of fused-ring (bicyclic) bond motifs is 1. The molecule has 1 aliphatic heterocycles. The predicted octanol–water partition coefficient (Wildman–Crippen LogP) is 3.25. The summed E-state index contributed by atoms with van der Waals surface area (Å²) in [6, 6.07) is 17.3. The second-order valence-electron chi connectivity index (χ2n) is 6.55. The van der Waals surface area contributed by atoms with Gasteiger partial charge in [0.05, 0.1) is 12.3 Å². The molecule has 7 nitrogen and oxygen atoms in total. The van der Waals surface area contributed by atoms with E-state index in [1.54, 1.807) is 4.90 Å². The Balaban J connectivity index is 1.31. The van der Waals surface area contributed by atoms with Crippen molar-refractivity contribution in [3.8, 4) is 22.9 Å². The number of aromatic amines is 1. The molecule has 3 aromatic rings. The van der Waals surface area contributed by atoms with Crippen molar-refractivity contribution < 1.29 is 14.3 Å². The molecule has 1 atom stereocenters. The van der Waals surface area contributed by atoms with Crippen LogP contribution in [0, 0.1) is 0 Å². The molecule has 0 aliphatic carbocycles. The van der Waals surface area contributed by atoms with E-state index in [4.69, 9.17) is 9.47 Å². The van der Waals surface area contributed by atoms with Crippen LogP contribution in [0.15, 0.2) is 59.8 Å². The van der Waals surface area contributed by atoms with Crippen molar-refractivity contribution in [1.29, 1.82) is 0 Å². The Hall–Kier alpha value is -3.00. The van der Waals surface area contributed by atoms with E-state index >= 15 is 0 Å². The summed E-state index contributed by atoms with van der Waals surface area (Å²) in [5, 5.41) is 7.68. The summed E-state index contributed by atoms with van der Waals surface area (Å²) in [5.41, 5.74) is 0.961. The summed E-state index contributed by atoms with van der Waals surface area (Å²) in [7, 11) is 0. The van der Waals surface area contributed by atoms with Gasteiger partial charge in [0.1, 0.15) is 6.61 Å². The van der Waals surface area contributed by atoms with E-state index in [1.807, 2.05) is 61.5 Å². The van der Waals surface area contributed by atoms with E-state index < -0.39 is 0 Å². The van der Waals surface area contributed by atoms with Crippen molar-refractivity contribution in [2.75, 3.05) is 25.4 Å². The van der Waals surface area contributed by atoms with E-state index in [1.165, 1.54) is 11.8 Å². The fourth-order valence-electron chi connectivity index (χ4n) is 3.06. The highest BCUT2D eigenvalue weighted by Gasteiger charge is 2.25. The number of amides is 1. The highest BCUT2D eigenvalue weighted by atomic mass is 32.2. The molecule has 4 rings (SSSR count). The predicted molar refractivity (Wildman–Crippen MR) is 111 cm³/mol. The Morgan fingerprint density at radius 1 is 1.17 bits per heavy atom. The molecule has 0 bridgehead atoms. The number of H-pyrrole nitrogens is 1. The summed E-state index contributed by atoms with van der Waals surface area (Å²) in [4.78, 5) is 18.9. The first-order valence-corrected chi connectivity index (χ1v) is 10.5. The Bertz CT molecular complexity index is 963. The Labute approximate surface area is 173 Å². The third-order valence-corrected chi connectivity index (χ3v) is 5.39. The molecule has 1 aliphatic rings. The lowest BCUT2D eigenvalue weighted by atomic mass is 10.2. The van der Waals surface area contributed by atoms with Gasteiger partial charge in [0.25, 0.3) is 0 Å². The zero-order valence-corrected chi connectivity index (χ0v) is 16.9. The van der Waals surface area contributed by atoms with E-state index in [-0.39, 0.29) is 17.8 Å². The molecular weight excluding hydrogens is 388 g/mol. The van der Waals surface area contributed by atoms with Gasteiger partial charge in [-0.15, -0.1) is 5.10 Å². The van der Waals surface area contributed by atoms with Gasteiger partial charge in [0.15, 0.2) is 23.4 Å². The van der Waals surface area contributed by atoms with Crippen LogP contribution in [0.25, 0.3) is 11.4 Å². The number of hydrogen-bond acceptors (Lipinski definition) is 6. The second-order valence-corrected chi connectivity index (χ2v) is 7.49. The van der Waals surface area contributed by atoms with Gasteiger partial charge < -0.3 is 14.4 Å².